The van der Waals surface area contributed by atoms with Gasteiger partial charge in [-0.05, 0) is 59.0 Å². The summed E-state index contributed by atoms with van der Waals surface area (Å²) in [6.45, 7) is 0. The number of hydrogen-bond acceptors (Lipinski definition) is 5. The van der Waals surface area contributed by atoms with Gasteiger partial charge in [-0.2, -0.15) is 4.98 Å². The number of pyridine rings is 1. The molecule has 132 valence electrons. The van der Waals surface area contributed by atoms with Crippen LogP contribution in [0.15, 0.2) is 77.6 Å². The van der Waals surface area contributed by atoms with E-state index in [2.05, 4.69) is 43.0 Å². The summed E-state index contributed by atoms with van der Waals surface area (Å²) in [7, 11) is 0. The number of hydrogen-bond donors (Lipinski definition) is 1. The van der Waals surface area contributed by atoms with Crippen molar-refractivity contribution in [1.82, 2.24) is 15.1 Å². The zero-order valence-corrected chi connectivity index (χ0v) is 16.1. The molecule has 0 saturated heterocycles. The lowest BCUT2D eigenvalue weighted by Crippen LogP contribution is -2.14. The molecule has 0 radical (unpaired) electrons. The summed E-state index contributed by atoms with van der Waals surface area (Å²) < 4.78 is 6.29. The zero-order valence-electron chi connectivity index (χ0n) is 14.0. The molecule has 1 N–H and O–H groups in total. The maximum Gasteiger partial charge on any atom is 0.260 e. The van der Waals surface area contributed by atoms with Crippen molar-refractivity contribution in [2.24, 2.45) is 0 Å². The fraction of sp³-hybridized carbons (Fsp3) is 0. The van der Waals surface area contributed by atoms with E-state index in [1.165, 1.54) is 0 Å². The van der Waals surface area contributed by atoms with Crippen molar-refractivity contribution in [2.45, 2.75) is 0 Å². The third-order valence-corrected chi connectivity index (χ3v) is 4.81. The standard InChI is InChI=1S/C20H13IN4O2/c21-16-9-3-1-7-14(16)19(26)23-17-10-4-2-8-15(17)20-24-18(25-27-20)13-6-5-11-22-12-13/h1-12H,(H,23,26). The molecule has 4 rings (SSSR count). The zero-order chi connectivity index (χ0) is 18.6. The van der Waals surface area contributed by atoms with E-state index in [4.69, 9.17) is 4.52 Å². The van der Waals surface area contributed by atoms with Crippen LogP contribution in [0.1, 0.15) is 10.4 Å². The molecule has 0 aliphatic rings. The minimum atomic E-state index is -0.195. The number of amides is 1. The van der Waals surface area contributed by atoms with Crippen molar-refractivity contribution in [3.63, 3.8) is 0 Å². The summed E-state index contributed by atoms with van der Waals surface area (Å²) in [5, 5.41) is 6.95. The average molecular weight is 468 g/mol. The van der Waals surface area contributed by atoms with Gasteiger partial charge in [0.1, 0.15) is 0 Å². The SMILES string of the molecule is O=C(Nc1ccccc1-c1nc(-c2cccnc2)no1)c1ccccc1I. The van der Waals surface area contributed by atoms with Crippen LogP contribution in [-0.2, 0) is 0 Å². The lowest BCUT2D eigenvalue weighted by molar-refractivity contribution is 0.102. The molecule has 2 aromatic heterocycles. The Hall–Kier alpha value is -3.07. The molecular formula is C20H13IN4O2. The van der Waals surface area contributed by atoms with Crippen LogP contribution in [0.5, 0.6) is 0 Å². The first-order valence-electron chi connectivity index (χ1n) is 8.12. The number of halogens is 1. The van der Waals surface area contributed by atoms with Gasteiger partial charge in [-0.1, -0.05) is 29.4 Å². The van der Waals surface area contributed by atoms with Gasteiger partial charge < -0.3 is 9.84 Å². The smallest absolute Gasteiger partial charge is 0.260 e. The van der Waals surface area contributed by atoms with Crippen LogP contribution in [0, 0.1) is 3.57 Å². The van der Waals surface area contributed by atoms with Gasteiger partial charge in [0.2, 0.25) is 5.82 Å². The van der Waals surface area contributed by atoms with Gasteiger partial charge >= 0.3 is 0 Å². The first-order valence-corrected chi connectivity index (χ1v) is 9.19. The number of carbonyl (C=O) groups is 1. The molecule has 4 aromatic rings. The fourth-order valence-electron chi connectivity index (χ4n) is 2.56. The summed E-state index contributed by atoms with van der Waals surface area (Å²) in [4.78, 5) is 21.2. The van der Waals surface area contributed by atoms with Crippen molar-refractivity contribution < 1.29 is 9.32 Å². The molecule has 0 fully saturated rings. The molecular weight excluding hydrogens is 455 g/mol. The normalized spacial score (nSPS) is 10.6. The van der Waals surface area contributed by atoms with Gasteiger partial charge in [-0.15, -0.1) is 0 Å². The van der Waals surface area contributed by atoms with Gasteiger partial charge in [-0.3, -0.25) is 9.78 Å². The molecule has 1 amide bonds. The van der Waals surface area contributed by atoms with Crippen molar-refractivity contribution in [1.29, 1.82) is 0 Å². The van der Waals surface area contributed by atoms with Crippen molar-refractivity contribution >= 4 is 34.2 Å². The predicted molar refractivity (Wildman–Crippen MR) is 110 cm³/mol. The molecule has 0 atom stereocenters. The number of carbonyl (C=O) groups excluding carboxylic acids is 1. The first kappa shape index (κ1) is 17.3. The number of aromatic nitrogens is 3. The molecule has 2 heterocycles. The molecule has 6 nitrogen and oxygen atoms in total. The third kappa shape index (κ3) is 3.72. The molecule has 7 heteroatoms. The summed E-state index contributed by atoms with van der Waals surface area (Å²) in [6.07, 6.45) is 3.35. The van der Waals surface area contributed by atoms with Gasteiger partial charge in [0, 0.05) is 21.5 Å². The van der Waals surface area contributed by atoms with Crippen LogP contribution in [0.3, 0.4) is 0 Å². The number of para-hydroxylation sites is 1. The summed E-state index contributed by atoms with van der Waals surface area (Å²) >= 11 is 2.14. The Balaban J connectivity index is 1.65. The average Bonchev–Trinajstić information content (AvgIpc) is 3.19. The van der Waals surface area contributed by atoms with Crippen LogP contribution in [-0.4, -0.2) is 21.0 Å². The molecule has 27 heavy (non-hydrogen) atoms. The quantitative estimate of drug-likeness (QED) is 0.441. The van der Waals surface area contributed by atoms with Crippen LogP contribution >= 0.6 is 22.6 Å². The topological polar surface area (TPSA) is 80.9 Å². The second-order valence-electron chi connectivity index (χ2n) is 5.64. The van der Waals surface area contributed by atoms with Gasteiger partial charge in [0.05, 0.1) is 16.8 Å². The molecule has 0 saturated carbocycles. The Morgan fingerprint density at radius 1 is 1.00 bits per heavy atom. The highest BCUT2D eigenvalue weighted by Gasteiger charge is 2.17. The summed E-state index contributed by atoms with van der Waals surface area (Å²) in [6, 6.07) is 18.4. The lowest BCUT2D eigenvalue weighted by atomic mass is 10.1. The Labute approximate surface area is 168 Å². The number of nitrogens with one attached hydrogen (secondary N) is 1. The van der Waals surface area contributed by atoms with E-state index < -0.39 is 0 Å². The Bertz CT molecular complexity index is 1100. The Kier molecular flexibility index (Phi) is 4.93. The number of rotatable bonds is 4. The third-order valence-electron chi connectivity index (χ3n) is 3.87. The highest BCUT2D eigenvalue weighted by molar-refractivity contribution is 14.1. The van der Waals surface area contributed by atoms with E-state index in [1.807, 2.05) is 42.5 Å². The predicted octanol–water partition coefficient (Wildman–Crippen LogP) is 4.66. The minimum Gasteiger partial charge on any atom is -0.334 e. The highest BCUT2D eigenvalue weighted by Crippen LogP contribution is 2.29. The van der Waals surface area contributed by atoms with Crippen molar-refractivity contribution in [3.05, 3.63) is 82.2 Å². The van der Waals surface area contributed by atoms with E-state index >= 15 is 0 Å². The van der Waals surface area contributed by atoms with Gasteiger partial charge in [0.15, 0.2) is 0 Å². The molecule has 0 unspecified atom stereocenters. The van der Waals surface area contributed by atoms with Gasteiger partial charge in [0.25, 0.3) is 11.8 Å². The maximum atomic E-state index is 12.7. The largest absolute Gasteiger partial charge is 0.334 e. The van der Waals surface area contributed by atoms with E-state index in [-0.39, 0.29) is 5.91 Å². The minimum absolute atomic E-state index is 0.195. The number of benzene rings is 2. The Morgan fingerprint density at radius 3 is 2.63 bits per heavy atom. The second kappa shape index (κ2) is 7.67. The van der Waals surface area contributed by atoms with Crippen molar-refractivity contribution in [2.75, 3.05) is 5.32 Å². The lowest BCUT2D eigenvalue weighted by Gasteiger charge is -2.09. The fourth-order valence-corrected chi connectivity index (χ4v) is 3.19. The molecule has 0 aliphatic heterocycles. The van der Waals surface area contributed by atoms with Gasteiger partial charge in [-0.25, -0.2) is 0 Å². The maximum absolute atomic E-state index is 12.7. The monoisotopic (exact) mass is 468 g/mol. The molecule has 2 aromatic carbocycles. The van der Waals surface area contributed by atoms with Crippen LogP contribution < -0.4 is 5.32 Å². The summed E-state index contributed by atoms with van der Waals surface area (Å²) in [5.74, 6) is 0.573. The number of nitrogens with zero attached hydrogens (tertiary/aromatic N) is 3. The van der Waals surface area contributed by atoms with E-state index in [9.17, 15) is 4.79 Å². The van der Waals surface area contributed by atoms with E-state index in [0.29, 0.717) is 28.5 Å². The van der Waals surface area contributed by atoms with Crippen LogP contribution in [0.2, 0.25) is 0 Å². The van der Waals surface area contributed by atoms with E-state index in [1.54, 1.807) is 30.6 Å². The Morgan fingerprint density at radius 2 is 1.81 bits per heavy atom. The van der Waals surface area contributed by atoms with Crippen molar-refractivity contribution in [3.8, 4) is 22.8 Å². The highest BCUT2D eigenvalue weighted by atomic mass is 127. The molecule has 0 bridgehead atoms. The van der Waals surface area contributed by atoms with E-state index in [0.717, 1.165) is 9.13 Å². The van der Waals surface area contributed by atoms with Crippen LogP contribution in [0.4, 0.5) is 5.69 Å². The second-order valence-corrected chi connectivity index (χ2v) is 6.81. The first-order chi connectivity index (χ1) is 13.2. The molecule has 0 aliphatic carbocycles. The van der Waals surface area contributed by atoms with Crippen LogP contribution in [0.25, 0.3) is 22.8 Å². The molecule has 0 spiro atoms. The number of anilines is 1. The summed E-state index contributed by atoms with van der Waals surface area (Å²) in [5.41, 5.74) is 2.62.